The summed E-state index contributed by atoms with van der Waals surface area (Å²) in [5.74, 6) is 0. The molecule has 0 heterocycles. The van der Waals surface area contributed by atoms with Crippen LogP contribution in [0.5, 0.6) is 0 Å². The lowest BCUT2D eigenvalue weighted by Gasteiger charge is -1.96. The van der Waals surface area contributed by atoms with Gasteiger partial charge in [-0.2, -0.15) is 0 Å². The van der Waals surface area contributed by atoms with Gasteiger partial charge in [-0.15, -0.1) is 12.6 Å². The topological polar surface area (TPSA) is 17.1 Å². The first-order valence-corrected chi connectivity index (χ1v) is 3.43. The molecule has 0 fully saturated rings. The average Bonchev–Trinajstić information content (AvgIpc) is 1.95. The van der Waals surface area contributed by atoms with E-state index in [2.05, 4.69) is 12.6 Å². The lowest BCUT2D eigenvalue weighted by atomic mass is 10.2. The van der Waals surface area contributed by atoms with Crippen LogP contribution in [0, 0.1) is 6.92 Å². The molecule has 0 spiro atoms. The Morgan fingerprint density at radius 2 is 2.20 bits per heavy atom. The second kappa shape index (κ2) is 2.88. The van der Waals surface area contributed by atoms with Crippen LogP contribution in [0.25, 0.3) is 0 Å². The lowest BCUT2D eigenvalue weighted by Crippen LogP contribution is -1.81. The molecule has 1 aromatic rings. The van der Waals surface area contributed by atoms with Crippen LogP contribution in [-0.2, 0) is 0 Å². The van der Waals surface area contributed by atoms with Crippen LogP contribution < -0.4 is 0 Å². The third-order valence-corrected chi connectivity index (χ3v) is 1.86. The molecule has 52 valence electrons. The van der Waals surface area contributed by atoms with E-state index in [1.54, 1.807) is 6.07 Å². The number of aryl methyl sites for hydroxylation is 1. The number of rotatable bonds is 1. The first kappa shape index (κ1) is 7.35. The summed E-state index contributed by atoms with van der Waals surface area (Å²) in [6.45, 7) is 1.93. The summed E-state index contributed by atoms with van der Waals surface area (Å²) in [4.78, 5) is 11.2. The van der Waals surface area contributed by atoms with Crippen LogP contribution in [-0.4, -0.2) is 6.29 Å². The first-order valence-electron chi connectivity index (χ1n) is 2.99. The normalized spacial score (nSPS) is 9.40. The van der Waals surface area contributed by atoms with Gasteiger partial charge in [-0.1, -0.05) is 6.07 Å². The molecule has 1 rings (SSSR count). The summed E-state index contributed by atoms with van der Waals surface area (Å²) < 4.78 is 0. The maximum atomic E-state index is 10.2. The van der Waals surface area contributed by atoms with Gasteiger partial charge in [0.05, 0.1) is 0 Å². The van der Waals surface area contributed by atoms with Gasteiger partial charge < -0.3 is 0 Å². The van der Waals surface area contributed by atoms with Crippen LogP contribution in [0.2, 0.25) is 0 Å². The standard InChI is InChI=1S/C8H8OS/c1-6-4-7(5-9)2-3-8(6)10/h2-5,10H,1H3. The van der Waals surface area contributed by atoms with E-state index in [-0.39, 0.29) is 0 Å². The van der Waals surface area contributed by atoms with Gasteiger partial charge >= 0.3 is 0 Å². The van der Waals surface area contributed by atoms with E-state index in [1.807, 2.05) is 19.1 Å². The molecular weight excluding hydrogens is 144 g/mol. The molecule has 0 aliphatic heterocycles. The van der Waals surface area contributed by atoms with Crippen molar-refractivity contribution in [1.29, 1.82) is 0 Å². The maximum Gasteiger partial charge on any atom is 0.150 e. The largest absolute Gasteiger partial charge is 0.298 e. The number of hydrogen-bond donors (Lipinski definition) is 1. The van der Waals surface area contributed by atoms with Crippen molar-refractivity contribution in [3.63, 3.8) is 0 Å². The van der Waals surface area contributed by atoms with Crippen molar-refractivity contribution in [3.8, 4) is 0 Å². The second-order valence-electron chi connectivity index (χ2n) is 2.16. The highest BCUT2D eigenvalue weighted by Gasteiger charge is 1.93. The van der Waals surface area contributed by atoms with E-state index < -0.39 is 0 Å². The van der Waals surface area contributed by atoms with Gasteiger partial charge in [0.15, 0.2) is 0 Å². The molecule has 0 atom stereocenters. The van der Waals surface area contributed by atoms with E-state index in [0.29, 0.717) is 5.56 Å². The minimum atomic E-state index is 0.704. The highest BCUT2D eigenvalue weighted by atomic mass is 32.1. The third-order valence-electron chi connectivity index (χ3n) is 1.36. The van der Waals surface area contributed by atoms with E-state index >= 15 is 0 Å². The maximum absolute atomic E-state index is 10.2. The summed E-state index contributed by atoms with van der Waals surface area (Å²) in [5.41, 5.74) is 1.74. The molecule has 0 aliphatic carbocycles. The van der Waals surface area contributed by atoms with Crippen LogP contribution in [0.15, 0.2) is 23.1 Å². The first-order chi connectivity index (χ1) is 4.74. The Kier molecular flexibility index (Phi) is 2.12. The fourth-order valence-corrected chi connectivity index (χ4v) is 0.891. The average molecular weight is 152 g/mol. The smallest absolute Gasteiger partial charge is 0.150 e. The van der Waals surface area contributed by atoms with Crippen molar-refractivity contribution in [3.05, 3.63) is 29.3 Å². The molecule has 1 aromatic carbocycles. The number of benzene rings is 1. The zero-order chi connectivity index (χ0) is 7.56. The summed E-state index contributed by atoms with van der Waals surface area (Å²) in [5, 5.41) is 0. The molecule has 0 saturated heterocycles. The molecule has 0 unspecified atom stereocenters. The number of carbonyl (C=O) groups is 1. The van der Waals surface area contributed by atoms with Crippen molar-refractivity contribution < 1.29 is 4.79 Å². The van der Waals surface area contributed by atoms with Gasteiger partial charge in [-0.25, -0.2) is 0 Å². The van der Waals surface area contributed by atoms with E-state index in [1.165, 1.54) is 0 Å². The summed E-state index contributed by atoms with van der Waals surface area (Å²) in [6.07, 6.45) is 0.834. The predicted octanol–water partition coefficient (Wildman–Crippen LogP) is 2.10. The molecule has 0 aromatic heterocycles. The van der Waals surface area contributed by atoms with E-state index in [0.717, 1.165) is 16.7 Å². The SMILES string of the molecule is Cc1cc(C=O)ccc1S. The number of aldehydes is 1. The van der Waals surface area contributed by atoms with Gasteiger partial charge in [0.2, 0.25) is 0 Å². The summed E-state index contributed by atoms with van der Waals surface area (Å²) >= 11 is 4.17. The predicted molar refractivity (Wildman–Crippen MR) is 43.8 cm³/mol. The molecule has 0 radical (unpaired) electrons. The molecule has 10 heavy (non-hydrogen) atoms. The molecule has 0 amide bonds. The van der Waals surface area contributed by atoms with Crippen molar-refractivity contribution >= 4 is 18.9 Å². The highest BCUT2D eigenvalue weighted by Crippen LogP contribution is 2.12. The monoisotopic (exact) mass is 152 g/mol. The Balaban J connectivity index is 3.16. The molecule has 0 bridgehead atoms. The van der Waals surface area contributed by atoms with Crippen LogP contribution in [0.1, 0.15) is 15.9 Å². The Morgan fingerprint density at radius 1 is 1.50 bits per heavy atom. The van der Waals surface area contributed by atoms with Crippen molar-refractivity contribution in [1.82, 2.24) is 0 Å². The molecule has 0 saturated carbocycles. The Hall–Kier alpha value is -0.760. The molecule has 0 N–H and O–H groups in total. The fourth-order valence-electron chi connectivity index (χ4n) is 0.752. The zero-order valence-corrected chi connectivity index (χ0v) is 6.56. The summed E-state index contributed by atoms with van der Waals surface area (Å²) in [7, 11) is 0. The summed E-state index contributed by atoms with van der Waals surface area (Å²) in [6, 6.07) is 5.39. The minimum absolute atomic E-state index is 0.704. The van der Waals surface area contributed by atoms with Crippen molar-refractivity contribution in [2.45, 2.75) is 11.8 Å². The highest BCUT2D eigenvalue weighted by molar-refractivity contribution is 7.80. The molecule has 1 nitrogen and oxygen atoms in total. The molecule has 2 heteroatoms. The Morgan fingerprint density at radius 3 is 2.70 bits per heavy atom. The van der Waals surface area contributed by atoms with Gasteiger partial charge in [0.1, 0.15) is 6.29 Å². The number of thiol groups is 1. The van der Waals surface area contributed by atoms with Crippen molar-refractivity contribution in [2.24, 2.45) is 0 Å². The number of hydrogen-bond acceptors (Lipinski definition) is 2. The molecular formula is C8H8OS. The van der Waals surface area contributed by atoms with Crippen LogP contribution in [0.4, 0.5) is 0 Å². The van der Waals surface area contributed by atoms with Crippen LogP contribution >= 0.6 is 12.6 Å². The fraction of sp³-hybridized carbons (Fsp3) is 0.125. The lowest BCUT2D eigenvalue weighted by molar-refractivity contribution is 0.112. The third kappa shape index (κ3) is 1.39. The van der Waals surface area contributed by atoms with Gasteiger partial charge in [0.25, 0.3) is 0 Å². The second-order valence-corrected chi connectivity index (χ2v) is 2.65. The van der Waals surface area contributed by atoms with Gasteiger partial charge in [-0.05, 0) is 24.6 Å². The van der Waals surface area contributed by atoms with Gasteiger partial charge in [0, 0.05) is 10.5 Å². The van der Waals surface area contributed by atoms with Crippen LogP contribution in [0.3, 0.4) is 0 Å². The van der Waals surface area contributed by atoms with Gasteiger partial charge in [-0.3, -0.25) is 4.79 Å². The zero-order valence-electron chi connectivity index (χ0n) is 5.66. The van der Waals surface area contributed by atoms with E-state index in [9.17, 15) is 4.79 Å². The van der Waals surface area contributed by atoms with Crippen molar-refractivity contribution in [2.75, 3.05) is 0 Å². The Bertz CT molecular complexity index is 255. The quantitative estimate of drug-likeness (QED) is 0.481. The molecule has 0 aliphatic rings. The number of carbonyl (C=O) groups excluding carboxylic acids is 1. The van der Waals surface area contributed by atoms with E-state index in [4.69, 9.17) is 0 Å². The Labute approximate surface area is 65.5 Å². The minimum Gasteiger partial charge on any atom is -0.298 e.